The molecule has 0 saturated heterocycles. The summed E-state index contributed by atoms with van der Waals surface area (Å²) in [6.45, 7) is 4.66. The maximum absolute atomic E-state index is 9.83. The maximum Gasteiger partial charge on any atom is 0.115 e. The van der Waals surface area contributed by atoms with Crippen LogP contribution in [0.4, 0.5) is 5.69 Å². The second-order valence-electron chi connectivity index (χ2n) is 7.12. The van der Waals surface area contributed by atoms with Gasteiger partial charge in [-0.1, -0.05) is 38.1 Å². The molecule has 0 unspecified atom stereocenters. The van der Waals surface area contributed by atoms with Gasteiger partial charge in [-0.3, -0.25) is 0 Å². The van der Waals surface area contributed by atoms with Gasteiger partial charge in [-0.05, 0) is 66.0 Å². The molecule has 3 rings (SSSR count). The lowest BCUT2D eigenvalue weighted by Crippen LogP contribution is -2.28. The van der Waals surface area contributed by atoms with Crippen LogP contribution in [-0.2, 0) is 6.42 Å². The molecule has 0 saturated carbocycles. The van der Waals surface area contributed by atoms with E-state index >= 15 is 0 Å². The van der Waals surface area contributed by atoms with E-state index in [1.165, 1.54) is 16.8 Å². The highest BCUT2D eigenvalue weighted by Gasteiger charge is 2.29. The molecule has 0 amide bonds. The Morgan fingerprint density at radius 1 is 1.17 bits per heavy atom. The first-order chi connectivity index (χ1) is 11.6. The number of nitrogens with one attached hydrogen (secondary N) is 1. The van der Waals surface area contributed by atoms with Crippen LogP contribution in [0.1, 0.15) is 55.3 Å². The molecule has 3 nitrogen and oxygen atoms in total. The minimum Gasteiger partial charge on any atom is -0.508 e. The topological polar surface area (TPSA) is 52.5 Å². The average Bonchev–Trinajstić information content (AvgIpc) is 2.58. The van der Waals surface area contributed by atoms with E-state index in [4.69, 9.17) is 0 Å². The zero-order chi connectivity index (χ0) is 17.1. The molecular weight excluding hydrogens is 298 g/mol. The SMILES string of the molecule is CC(C)c1ccc2c(c1)C[C@@H](CCCO)[C@H](c1cccc(O)c1)N2. The van der Waals surface area contributed by atoms with Crippen LogP contribution >= 0.6 is 0 Å². The number of hydrogen-bond acceptors (Lipinski definition) is 3. The molecule has 1 heterocycles. The molecule has 2 aromatic carbocycles. The summed E-state index contributed by atoms with van der Waals surface area (Å²) < 4.78 is 0. The number of fused-ring (bicyclic) bond motifs is 1. The van der Waals surface area contributed by atoms with Gasteiger partial charge in [0.25, 0.3) is 0 Å². The highest BCUT2D eigenvalue weighted by molar-refractivity contribution is 5.57. The lowest BCUT2D eigenvalue weighted by Gasteiger charge is -2.36. The molecule has 0 fully saturated rings. The number of phenolic OH excluding ortho intramolecular Hbond substituents is 1. The van der Waals surface area contributed by atoms with Gasteiger partial charge in [0.05, 0.1) is 6.04 Å². The van der Waals surface area contributed by atoms with Crippen LogP contribution in [0, 0.1) is 5.92 Å². The fraction of sp³-hybridized carbons (Fsp3) is 0.429. The van der Waals surface area contributed by atoms with Gasteiger partial charge in [-0.2, -0.15) is 0 Å². The molecule has 0 radical (unpaired) electrons. The van der Waals surface area contributed by atoms with Crippen molar-refractivity contribution in [1.29, 1.82) is 0 Å². The van der Waals surface area contributed by atoms with E-state index in [1.807, 2.05) is 12.1 Å². The Kier molecular flexibility index (Phi) is 5.10. The third-order valence-electron chi connectivity index (χ3n) is 5.02. The molecule has 3 N–H and O–H groups in total. The van der Waals surface area contributed by atoms with Crippen molar-refractivity contribution in [2.45, 2.75) is 45.1 Å². The molecule has 0 bridgehead atoms. The second-order valence-corrected chi connectivity index (χ2v) is 7.12. The summed E-state index contributed by atoms with van der Waals surface area (Å²) in [4.78, 5) is 0. The smallest absolute Gasteiger partial charge is 0.115 e. The zero-order valence-corrected chi connectivity index (χ0v) is 14.5. The Hall–Kier alpha value is -2.00. The highest BCUT2D eigenvalue weighted by atomic mass is 16.3. The van der Waals surface area contributed by atoms with Gasteiger partial charge in [-0.25, -0.2) is 0 Å². The normalized spacial score (nSPS) is 19.8. The summed E-state index contributed by atoms with van der Waals surface area (Å²) in [6.07, 6.45) is 2.78. The molecule has 2 atom stereocenters. The third-order valence-corrected chi connectivity index (χ3v) is 5.02. The molecule has 128 valence electrons. The molecule has 24 heavy (non-hydrogen) atoms. The third kappa shape index (κ3) is 3.57. The van der Waals surface area contributed by atoms with E-state index < -0.39 is 0 Å². The second kappa shape index (κ2) is 7.27. The Morgan fingerprint density at radius 2 is 2.00 bits per heavy atom. The number of aliphatic hydroxyl groups excluding tert-OH is 1. The average molecular weight is 325 g/mol. The Morgan fingerprint density at radius 3 is 2.71 bits per heavy atom. The lowest BCUT2D eigenvalue weighted by molar-refractivity contribution is 0.263. The number of benzene rings is 2. The van der Waals surface area contributed by atoms with Crippen LogP contribution in [0.2, 0.25) is 0 Å². The molecular formula is C21H27NO2. The number of aliphatic hydroxyl groups is 1. The Balaban J connectivity index is 1.93. The van der Waals surface area contributed by atoms with Gasteiger partial charge < -0.3 is 15.5 Å². The van der Waals surface area contributed by atoms with Crippen LogP contribution in [-0.4, -0.2) is 16.8 Å². The van der Waals surface area contributed by atoms with Crippen molar-refractivity contribution in [2.24, 2.45) is 5.92 Å². The van der Waals surface area contributed by atoms with E-state index in [1.54, 1.807) is 6.07 Å². The predicted molar refractivity (Wildman–Crippen MR) is 98.5 cm³/mol. The predicted octanol–water partition coefficient (Wildman–Crippen LogP) is 4.61. The molecule has 1 aliphatic heterocycles. The summed E-state index contributed by atoms with van der Waals surface area (Å²) >= 11 is 0. The monoisotopic (exact) mass is 325 g/mol. The van der Waals surface area contributed by atoms with Gasteiger partial charge in [0, 0.05) is 12.3 Å². The Labute approximate surface area is 144 Å². The van der Waals surface area contributed by atoms with Crippen molar-refractivity contribution >= 4 is 5.69 Å². The molecule has 0 spiro atoms. The lowest BCUT2D eigenvalue weighted by atomic mass is 9.80. The van der Waals surface area contributed by atoms with E-state index in [-0.39, 0.29) is 12.6 Å². The molecule has 3 heteroatoms. The van der Waals surface area contributed by atoms with Crippen molar-refractivity contribution < 1.29 is 10.2 Å². The van der Waals surface area contributed by atoms with E-state index in [0.717, 1.165) is 24.8 Å². The van der Waals surface area contributed by atoms with Gasteiger partial charge in [0.15, 0.2) is 0 Å². The molecule has 2 aromatic rings. The first-order valence-electron chi connectivity index (χ1n) is 8.87. The molecule has 0 aromatic heterocycles. The molecule has 1 aliphatic rings. The van der Waals surface area contributed by atoms with Crippen molar-refractivity contribution in [3.63, 3.8) is 0 Å². The summed E-state index contributed by atoms with van der Waals surface area (Å²) in [7, 11) is 0. The van der Waals surface area contributed by atoms with Crippen LogP contribution in [0.25, 0.3) is 0 Å². The Bertz CT molecular complexity index is 696. The van der Waals surface area contributed by atoms with Crippen LogP contribution in [0.5, 0.6) is 5.75 Å². The summed E-state index contributed by atoms with van der Waals surface area (Å²) in [5.74, 6) is 1.24. The van der Waals surface area contributed by atoms with Crippen molar-refractivity contribution in [1.82, 2.24) is 0 Å². The van der Waals surface area contributed by atoms with Gasteiger partial charge in [0.2, 0.25) is 0 Å². The number of phenols is 1. The molecule has 0 aliphatic carbocycles. The summed E-state index contributed by atoms with van der Waals surface area (Å²) in [6, 6.07) is 14.4. The number of hydrogen-bond donors (Lipinski definition) is 3. The van der Waals surface area contributed by atoms with Crippen molar-refractivity contribution in [3.05, 3.63) is 59.2 Å². The standard InChI is InChI=1S/C21H27NO2/c1-14(2)15-8-9-20-18(11-15)12-16(6-4-10-23)21(22-20)17-5-3-7-19(24)13-17/h3,5,7-9,11,13-14,16,21-24H,4,6,10,12H2,1-2H3/t16-,21-/m1/s1. The minimum atomic E-state index is 0.168. The fourth-order valence-corrected chi connectivity index (χ4v) is 3.66. The minimum absolute atomic E-state index is 0.168. The first-order valence-corrected chi connectivity index (χ1v) is 8.87. The quantitative estimate of drug-likeness (QED) is 0.752. The van der Waals surface area contributed by atoms with Crippen molar-refractivity contribution in [2.75, 3.05) is 11.9 Å². The summed E-state index contributed by atoms with van der Waals surface area (Å²) in [5, 5.41) is 22.8. The largest absolute Gasteiger partial charge is 0.508 e. The number of rotatable bonds is 5. The fourth-order valence-electron chi connectivity index (χ4n) is 3.66. The first kappa shape index (κ1) is 16.8. The zero-order valence-electron chi connectivity index (χ0n) is 14.5. The highest BCUT2D eigenvalue weighted by Crippen LogP contribution is 2.40. The van der Waals surface area contributed by atoms with Crippen molar-refractivity contribution in [3.8, 4) is 5.75 Å². The van der Waals surface area contributed by atoms with Crippen LogP contribution in [0.15, 0.2) is 42.5 Å². The number of aromatic hydroxyl groups is 1. The van der Waals surface area contributed by atoms with Crippen LogP contribution in [0.3, 0.4) is 0 Å². The van der Waals surface area contributed by atoms with E-state index in [9.17, 15) is 10.2 Å². The maximum atomic E-state index is 9.83. The van der Waals surface area contributed by atoms with Gasteiger partial charge >= 0.3 is 0 Å². The van der Waals surface area contributed by atoms with E-state index in [2.05, 4.69) is 43.4 Å². The van der Waals surface area contributed by atoms with Crippen LogP contribution < -0.4 is 5.32 Å². The van der Waals surface area contributed by atoms with Gasteiger partial charge in [-0.15, -0.1) is 0 Å². The van der Waals surface area contributed by atoms with Gasteiger partial charge in [0.1, 0.15) is 5.75 Å². The van der Waals surface area contributed by atoms with E-state index in [0.29, 0.717) is 17.6 Å². The summed E-state index contributed by atoms with van der Waals surface area (Å²) in [5.41, 5.74) is 5.03. The number of anilines is 1.